The van der Waals surface area contributed by atoms with Gasteiger partial charge in [0.1, 0.15) is 11.5 Å². The van der Waals surface area contributed by atoms with Crippen LogP contribution in [-0.4, -0.2) is 10.2 Å². The average molecular weight is 355 g/mol. The molecule has 26 heavy (non-hydrogen) atoms. The van der Waals surface area contributed by atoms with Crippen molar-refractivity contribution < 1.29 is 10.2 Å². The predicted molar refractivity (Wildman–Crippen MR) is 110 cm³/mol. The molecule has 0 aliphatic carbocycles. The highest BCUT2D eigenvalue weighted by Crippen LogP contribution is 2.44. The van der Waals surface area contributed by atoms with Gasteiger partial charge in [0, 0.05) is 17.0 Å². The Balaban J connectivity index is 2.76. The van der Waals surface area contributed by atoms with Gasteiger partial charge in [-0.15, -0.1) is 0 Å². The average Bonchev–Trinajstić information content (AvgIpc) is 2.64. The van der Waals surface area contributed by atoms with Gasteiger partial charge < -0.3 is 10.2 Å². The van der Waals surface area contributed by atoms with Crippen molar-refractivity contribution in [2.75, 3.05) is 0 Å². The van der Waals surface area contributed by atoms with E-state index in [-0.39, 0.29) is 11.8 Å². The molecule has 0 fully saturated rings. The summed E-state index contributed by atoms with van der Waals surface area (Å²) in [7, 11) is 0. The molecule has 0 atom stereocenters. The van der Waals surface area contributed by atoms with Gasteiger partial charge in [-0.3, -0.25) is 0 Å². The standard InChI is InChI=1S/C24H34O2/c1-7-16-11-18(9-3)23(25)20(13-16)22(15(5)6)21-14-17(8-2)12-19(10-4)24(21)26/h11-15,22,25-26H,7-10H2,1-6H3. The van der Waals surface area contributed by atoms with Crippen molar-refractivity contribution in [1.29, 1.82) is 0 Å². The first-order valence-corrected chi connectivity index (χ1v) is 10.1. The van der Waals surface area contributed by atoms with Crippen LogP contribution in [0.4, 0.5) is 0 Å². The molecule has 2 aromatic rings. The second-order valence-corrected chi connectivity index (χ2v) is 7.52. The number of phenols is 2. The fourth-order valence-corrected chi connectivity index (χ4v) is 3.88. The van der Waals surface area contributed by atoms with Crippen molar-refractivity contribution >= 4 is 0 Å². The lowest BCUT2D eigenvalue weighted by atomic mass is 9.78. The fourth-order valence-electron chi connectivity index (χ4n) is 3.88. The van der Waals surface area contributed by atoms with E-state index >= 15 is 0 Å². The number of benzene rings is 2. The lowest BCUT2D eigenvalue weighted by Gasteiger charge is -2.27. The molecule has 0 saturated heterocycles. The Hall–Kier alpha value is -1.96. The molecule has 0 aromatic heterocycles. The van der Waals surface area contributed by atoms with E-state index < -0.39 is 0 Å². The van der Waals surface area contributed by atoms with Gasteiger partial charge in [0.2, 0.25) is 0 Å². The van der Waals surface area contributed by atoms with E-state index in [0.29, 0.717) is 11.5 Å². The molecule has 2 rings (SSSR count). The van der Waals surface area contributed by atoms with Crippen molar-refractivity contribution in [1.82, 2.24) is 0 Å². The summed E-state index contributed by atoms with van der Waals surface area (Å²) >= 11 is 0. The van der Waals surface area contributed by atoms with Crippen molar-refractivity contribution in [2.24, 2.45) is 5.92 Å². The van der Waals surface area contributed by atoms with Crippen LogP contribution in [0.1, 0.15) is 80.8 Å². The predicted octanol–water partition coefficient (Wildman–Crippen LogP) is 6.14. The SMILES string of the molecule is CCc1cc(CC)c(O)c(C(c2cc(CC)cc(CC)c2O)C(C)C)c1. The number of aryl methyl sites for hydroxylation is 4. The largest absolute Gasteiger partial charge is 0.507 e. The summed E-state index contributed by atoms with van der Waals surface area (Å²) < 4.78 is 0. The molecule has 0 aliphatic heterocycles. The molecule has 0 saturated carbocycles. The molecule has 2 nitrogen and oxygen atoms in total. The van der Waals surface area contributed by atoms with E-state index in [2.05, 4.69) is 65.8 Å². The second-order valence-electron chi connectivity index (χ2n) is 7.52. The topological polar surface area (TPSA) is 40.5 Å². The molecule has 0 unspecified atom stereocenters. The fraction of sp³-hybridized carbons (Fsp3) is 0.500. The summed E-state index contributed by atoms with van der Waals surface area (Å²) in [6.45, 7) is 12.8. The smallest absolute Gasteiger partial charge is 0.122 e. The Morgan fingerprint density at radius 2 is 1.04 bits per heavy atom. The third kappa shape index (κ3) is 3.90. The number of aromatic hydroxyl groups is 2. The zero-order valence-electron chi connectivity index (χ0n) is 17.2. The van der Waals surface area contributed by atoms with Crippen LogP contribution >= 0.6 is 0 Å². The minimum absolute atomic E-state index is 0.0244. The Labute approximate surface area is 158 Å². The van der Waals surface area contributed by atoms with Gasteiger partial charge >= 0.3 is 0 Å². The van der Waals surface area contributed by atoms with Crippen LogP contribution in [0, 0.1) is 5.92 Å². The molecule has 0 radical (unpaired) electrons. The second kappa shape index (κ2) is 8.62. The summed E-state index contributed by atoms with van der Waals surface area (Å²) in [6.07, 6.45) is 3.48. The quantitative estimate of drug-likeness (QED) is 0.627. The van der Waals surface area contributed by atoms with Gasteiger partial charge in [-0.2, -0.15) is 0 Å². The van der Waals surface area contributed by atoms with E-state index in [1.54, 1.807) is 0 Å². The summed E-state index contributed by atoms with van der Waals surface area (Å²) in [5.41, 5.74) is 6.35. The Morgan fingerprint density at radius 1 is 0.654 bits per heavy atom. The molecule has 0 bridgehead atoms. The third-order valence-corrected chi connectivity index (χ3v) is 5.47. The lowest BCUT2D eigenvalue weighted by Crippen LogP contribution is -2.12. The summed E-state index contributed by atoms with van der Waals surface area (Å²) in [4.78, 5) is 0. The highest BCUT2D eigenvalue weighted by molar-refractivity contribution is 5.54. The highest BCUT2D eigenvalue weighted by Gasteiger charge is 2.27. The van der Waals surface area contributed by atoms with Crippen molar-refractivity contribution in [3.05, 3.63) is 57.6 Å². The maximum absolute atomic E-state index is 11.0. The van der Waals surface area contributed by atoms with Crippen LogP contribution in [0.2, 0.25) is 0 Å². The number of rotatable bonds is 7. The van der Waals surface area contributed by atoms with E-state index in [0.717, 1.165) is 47.9 Å². The molecule has 2 aromatic carbocycles. The first-order chi connectivity index (χ1) is 12.4. The zero-order valence-corrected chi connectivity index (χ0v) is 17.2. The van der Waals surface area contributed by atoms with E-state index in [1.165, 1.54) is 11.1 Å². The van der Waals surface area contributed by atoms with Crippen LogP contribution in [0.15, 0.2) is 24.3 Å². The number of hydrogen-bond donors (Lipinski definition) is 2. The van der Waals surface area contributed by atoms with Crippen LogP contribution in [0.5, 0.6) is 11.5 Å². The molecule has 142 valence electrons. The molecular formula is C24H34O2. The molecule has 0 amide bonds. The summed E-state index contributed by atoms with van der Waals surface area (Å²) in [5, 5.41) is 21.9. The maximum Gasteiger partial charge on any atom is 0.122 e. The van der Waals surface area contributed by atoms with Gasteiger partial charge in [-0.05, 0) is 53.9 Å². The van der Waals surface area contributed by atoms with Crippen LogP contribution in [0.3, 0.4) is 0 Å². The zero-order chi connectivity index (χ0) is 19.4. The van der Waals surface area contributed by atoms with E-state index in [1.807, 2.05) is 0 Å². The minimum Gasteiger partial charge on any atom is -0.507 e. The van der Waals surface area contributed by atoms with Crippen molar-refractivity contribution in [2.45, 2.75) is 73.1 Å². The van der Waals surface area contributed by atoms with Crippen LogP contribution in [-0.2, 0) is 25.7 Å². The Morgan fingerprint density at radius 3 is 1.31 bits per heavy atom. The highest BCUT2D eigenvalue weighted by atomic mass is 16.3. The molecule has 0 heterocycles. The van der Waals surface area contributed by atoms with Gasteiger partial charge in [-0.25, -0.2) is 0 Å². The molecule has 2 heteroatoms. The van der Waals surface area contributed by atoms with Crippen LogP contribution < -0.4 is 0 Å². The molecule has 0 spiro atoms. The number of phenolic OH excluding ortho intramolecular Hbond substituents is 2. The van der Waals surface area contributed by atoms with Gasteiger partial charge in [-0.1, -0.05) is 65.8 Å². The van der Waals surface area contributed by atoms with E-state index in [9.17, 15) is 10.2 Å². The van der Waals surface area contributed by atoms with Gasteiger partial charge in [0.05, 0.1) is 0 Å². The number of hydrogen-bond acceptors (Lipinski definition) is 2. The molecule has 2 N–H and O–H groups in total. The molecule has 0 aliphatic rings. The monoisotopic (exact) mass is 354 g/mol. The third-order valence-electron chi connectivity index (χ3n) is 5.47. The molecular weight excluding hydrogens is 320 g/mol. The lowest BCUT2D eigenvalue weighted by molar-refractivity contribution is 0.429. The van der Waals surface area contributed by atoms with E-state index in [4.69, 9.17) is 0 Å². The minimum atomic E-state index is -0.0244. The summed E-state index contributed by atoms with van der Waals surface area (Å²) in [6, 6.07) is 8.47. The van der Waals surface area contributed by atoms with Gasteiger partial charge in [0.15, 0.2) is 0 Å². The van der Waals surface area contributed by atoms with Crippen molar-refractivity contribution in [3.63, 3.8) is 0 Å². The van der Waals surface area contributed by atoms with Gasteiger partial charge in [0.25, 0.3) is 0 Å². The normalized spacial score (nSPS) is 11.5. The maximum atomic E-state index is 11.0. The van der Waals surface area contributed by atoms with Crippen molar-refractivity contribution in [3.8, 4) is 11.5 Å². The van der Waals surface area contributed by atoms with Crippen LogP contribution in [0.25, 0.3) is 0 Å². The summed E-state index contributed by atoms with van der Waals surface area (Å²) in [5.74, 6) is 1.02. The Bertz CT molecular complexity index is 698. The Kier molecular flexibility index (Phi) is 6.75. The first-order valence-electron chi connectivity index (χ1n) is 10.1. The first kappa shape index (κ1) is 20.4.